The van der Waals surface area contributed by atoms with Crippen LogP contribution < -0.4 is 9.72 Å². The summed E-state index contributed by atoms with van der Waals surface area (Å²) in [7, 11) is 0. The number of phenols is 2. The van der Waals surface area contributed by atoms with E-state index in [4.69, 9.17) is 15.0 Å². The Kier molecular flexibility index (Phi) is 9.42. The molecule has 0 saturated heterocycles. The molecule has 0 saturated carbocycles. The first-order chi connectivity index (χ1) is 26.9. The van der Waals surface area contributed by atoms with Crippen LogP contribution >= 0.6 is 0 Å². The molecular formula is C47H45N3O5-2. The predicted molar refractivity (Wildman–Crippen MR) is 213 cm³/mol. The number of benzene rings is 3. The maximum atomic E-state index is 14.7. The third-order valence-corrected chi connectivity index (χ3v) is 12.1. The van der Waals surface area contributed by atoms with Crippen molar-refractivity contribution >= 4 is 29.5 Å². The van der Waals surface area contributed by atoms with Crippen LogP contribution in [0.25, 0.3) is 17.5 Å². The van der Waals surface area contributed by atoms with Gasteiger partial charge in [0.05, 0.1) is 13.0 Å². The highest BCUT2D eigenvalue weighted by molar-refractivity contribution is 6.02. The second-order valence-corrected chi connectivity index (χ2v) is 15.7. The molecule has 3 N–H and O–H groups in total. The van der Waals surface area contributed by atoms with Gasteiger partial charge in [0.15, 0.2) is 11.5 Å². The lowest BCUT2D eigenvalue weighted by Crippen LogP contribution is -2.31. The van der Waals surface area contributed by atoms with Gasteiger partial charge in [-0.15, -0.1) is 5.69 Å². The Labute approximate surface area is 321 Å². The molecule has 4 heterocycles. The number of aromatic nitrogens is 2. The molecule has 3 aromatic carbocycles. The molecule has 3 unspecified atom stereocenters. The smallest absolute Gasteiger partial charge is 0.164 e. The van der Waals surface area contributed by atoms with E-state index in [1.807, 2.05) is 42.7 Å². The number of ether oxygens (including phenoxy) is 1. The zero-order valence-electron chi connectivity index (χ0n) is 30.9. The number of ketones is 2. The molecule has 3 atom stereocenters. The minimum atomic E-state index is -0.532. The third-order valence-electron chi connectivity index (χ3n) is 12.1. The summed E-state index contributed by atoms with van der Waals surface area (Å²) in [5, 5.41) is 27.1. The summed E-state index contributed by atoms with van der Waals surface area (Å²) in [6.07, 6.45) is 15.7. The minimum absolute atomic E-state index is 0.0840. The van der Waals surface area contributed by atoms with Crippen molar-refractivity contribution in [2.24, 2.45) is 11.8 Å². The molecule has 280 valence electrons. The summed E-state index contributed by atoms with van der Waals surface area (Å²) in [4.78, 5) is 36.6. The van der Waals surface area contributed by atoms with Crippen molar-refractivity contribution < 1.29 is 24.5 Å². The number of aromatic amines is 1. The molecular weight excluding hydrogens is 687 g/mol. The highest BCUT2D eigenvalue weighted by atomic mass is 16.5. The summed E-state index contributed by atoms with van der Waals surface area (Å²) >= 11 is 0. The largest absolute Gasteiger partial charge is 0.664 e. The molecule has 2 aliphatic heterocycles. The number of H-pyrrole nitrogens is 1. The second-order valence-electron chi connectivity index (χ2n) is 15.7. The maximum Gasteiger partial charge on any atom is 0.164 e. The van der Waals surface area contributed by atoms with E-state index in [0.717, 1.165) is 92.8 Å². The number of Topliss-reactive ketones (excluding diaryl/α,β-unsaturated/α-hetero) is 2. The van der Waals surface area contributed by atoms with Crippen molar-refractivity contribution in [2.75, 3.05) is 13.2 Å². The number of fused-ring (bicyclic) bond motifs is 10. The highest BCUT2D eigenvalue weighted by Gasteiger charge is 2.37. The van der Waals surface area contributed by atoms with E-state index in [2.05, 4.69) is 47.5 Å². The van der Waals surface area contributed by atoms with Gasteiger partial charge >= 0.3 is 0 Å². The van der Waals surface area contributed by atoms with Crippen molar-refractivity contribution in [1.82, 2.24) is 9.97 Å². The van der Waals surface area contributed by atoms with Crippen LogP contribution in [-0.2, 0) is 41.7 Å². The van der Waals surface area contributed by atoms with E-state index in [-0.39, 0.29) is 47.7 Å². The average Bonchev–Trinajstić information content (AvgIpc) is 3.79. The Hall–Kier alpha value is -5.76. The summed E-state index contributed by atoms with van der Waals surface area (Å²) in [6.45, 7) is 0.847. The molecule has 9 rings (SSSR count). The lowest BCUT2D eigenvalue weighted by Gasteiger charge is -2.37. The monoisotopic (exact) mass is 731 g/mol. The van der Waals surface area contributed by atoms with E-state index < -0.39 is 5.92 Å². The topological polar surface area (TPSA) is 128 Å². The van der Waals surface area contributed by atoms with Crippen molar-refractivity contribution in [3.8, 4) is 17.2 Å². The Morgan fingerprint density at radius 1 is 0.855 bits per heavy atom. The van der Waals surface area contributed by atoms with Gasteiger partial charge in [0.1, 0.15) is 17.3 Å². The fourth-order valence-electron chi connectivity index (χ4n) is 9.36. The normalized spacial score (nSPS) is 21.1. The molecule has 0 radical (unpaired) electrons. The fourth-order valence-corrected chi connectivity index (χ4v) is 9.36. The molecule has 55 heavy (non-hydrogen) atoms. The zero-order valence-corrected chi connectivity index (χ0v) is 30.9. The van der Waals surface area contributed by atoms with Gasteiger partial charge < -0.3 is 30.2 Å². The van der Waals surface area contributed by atoms with Gasteiger partial charge in [-0.2, -0.15) is 6.20 Å². The summed E-state index contributed by atoms with van der Waals surface area (Å²) in [5.41, 5.74) is 10.8. The van der Waals surface area contributed by atoms with Crippen LogP contribution in [0, 0.1) is 11.8 Å². The van der Waals surface area contributed by atoms with Crippen LogP contribution in [0.3, 0.4) is 0 Å². The second kappa shape index (κ2) is 14.8. The number of hydrogen-bond donors (Lipinski definition) is 3. The van der Waals surface area contributed by atoms with Crippen molar-refractivity contribution in [3.05, 3.63) is 146 Å². The Morgan fingerprint density at radius 2 is 1.71 bits per heavy atom. The van der Waals surface area contributed by atoms with Gasteiger partial charge in [-0.25, -0.2) is 0 Å². The Morgan fingerprint density at radius 3 is 2.60 bits per heavy atom. The average molecular weight is 732 g/mol. The van der Waals surface area contributed by atoms with E-state index in [1.165, 1.54) is 0 Å². The zero-order chi connectivity index (χ0) is 37.5. The van der Waals surface area contributed by atoms with Crippen LogP contribution in [-0.4, -0.2) is 39.9 Å². The molecule has 8 nitrogen and oxygen atoms in total. The first-order valence-electron chi connectivity index (χ1n) is 19.6. The molecule has 0 amide bonds. The van der Waals surface area contributed by atoms with Gasteiger partial charge in [0.25, 0.3) is 0 Å². The SMILES string of the molecule is O=C1CCc2cc(c(O)c3c2CCCO3)Cc2cccc(c2)Cc2cc[nH]c2[N-]CC2=Cc3[n-]ccc3C(CC3C=Cc4c(O)cccc4CC3)C2C(=O)C1. The Bertz CT molecular complexity index is 2340. The van der Waals surface area contributed by atoms with Gasteiger partial charge in [-0.1, -0.05) is 96.0 Å². The third kappa shape index (κ3) is 7.02. The van der Waals surface area contributed by atoms with Crippen molar-refractivity contribution in [1.29, 1.82) is 0 Å². The Balaban J connectivity index is 1.08. The van der Waals surface area contributed by atoms with Gasteiger partial charge in [-0.3, -0.25) is 9.59 Å². The van der Waals surface area contributed by atoms with Crippen molar-refractivity contribution in [3.63, 3.8) is 0 Å². The van der Waals surface area contributed by atoms with E-state index in [0.29, 0.717) is 44.6 Å². The first kappa shape index (κ1) is 35.0. The molecule has 2 aromatic heterocycles. The molecule has 0 fully saturated rings. The number of rotatable bonds is 2. The number of hydrogen-bond acceptors (Lipinski definition) is 5. The lowest BCUT2D eigenvalue weighted by atomic mass is 9.69. The number of nitrogens with zero attached hydrogens (tertiary/aromatic N) is 2. The van der Waals surface area contributed by atoms with E-state index in [9.17, 15) is 19.8 Å². The summed E-state index contributed by atoms with van der Waals surface area (Å²) < 4.78 is 6.05. The number of carbonyl (C=O) groups is 2. The first-order valence-corrected chi connectivity index (χ1v) is 19.6. The summed E-state index contributed by atoms with van der Waals surface area (Å²) in [5.74, 6) is 1.02. The van der Waals surface area contributed by atoms with E-state index >= 15 is 0 Å². The number of nitrogens with one attached hydrogen (secondary N) is 1. The van der Waals surface area contributed by atoms with Crippen LogP contribution in [0.1, 0.15) is 93.8 Å². The maximum absolute atomic E-state index is 14.7. The summed E-state index contributed by atoms with van der Waals surface area (Å²) in [6, 6.07) is 20.2. The predicted octanol–water partition coefficient (Wildman–Crippen LogP) is 8.83. The van der Waals surface area contributed by atoms with Gasteiger partial charge in [0.2, 0.25) is 0 Å². The lowest BCUT2D eigenvalue weighted by molar-refractivity contribution is -0.129. The van der Waals surface area contributed by atoms with Crippen molar-refractivity contribution in [2.45, 2.75) is 70.1 Å². The quantitative estimate of drug-likeness (QED) is 0.156. The number of aryl methyl sites for hydroxylation is 2. The van der Waals surface area contributed by atoms with Crippen LogP contribution in [0.5, 0.6) is 17.2 Å². The molecule has 4 bridgehead atoms. The molecule has 4 aliphatic rings. The van der Waals surface area contributed by atoms with Crippen LogP contribution in [0.15, 0.2) is 84.7 Å². The molecule has 2 aliphatic carbocycles. The van der Waals surface area contributed by atoms with Crippen LogP contribution in [0.2, 0.25) is 0 Å². The number of phenolic OH excluding ortho intramolecular Hbond substituents is 2. The fraction of sp³-hybridized carbons (Fsp3) is 0.319. The number of aromatic hydroxyl groups is 2. The molecule has 5 aromatic rings. The molecule has 0 spiro atoms. The van der Waals surface area contributed by atoms with E-state index in [1.54, 1.807) is 6.07 Å². The van der Waals surface area contributed by atoms with Gasteiger partial charge in [-0.05, 0) is 97.2 Å². The van der Waals surface area contributed by atoms with Gasteiger partial charge in [0, 0.05) is 35.4 Å². The van der Waals surface area contributed by atoms with Crippen LogP contribution in [0.4, 0.5) is 5.82 Å². The minimum Gasteiger partial charge on any atom is -0.664 e. The molecule has 8 heteroatoms. The number of allylic oxidation sites excluding steroid dienone is 1. The number of carbonyl (C=O) groups excluding carboxylic acids is 2. The standard InChI is InChI=1S/C47H45N3O5/c51-36-13-12-32-24-34(45(54)46-38(32)7-3-19-55-46)22-30-5-1-4-29(20-30)21-33-15-17-49-47(33)50-27-35-25-41-39(16-18-48-41)40(44(35)43(53)26-36)23-28-9-11-31-6-2-8-42(52)37(31)14-10-28/h1-2,4-6,8,10,14-18,20,24-25,28,40,44,49,52,54H,3,7,9,11-13,19,21-23,26-27H2/q-2. The highest BCUT2D eigenvalue weighted by Crippen LogP contribution is 2.46.